The van der Waals surface area contributed by atoms with E-state index in [1.54, 1.807) is 12.1 Å². The summed E-state index contributed by atoms with van der Waals surface area (Å²) in [7, 11) is -4.52. The Labute approximate surface area is 212 Å². The van der Waals surface area contributed by atoms with E-state index in [4.69, 9.17) is 4.74 Å². The molecule has 28 heavy (non-hydrogen) atoms. The molecule has 148 valence electrons. The molecule has 0 fully saturated rings. The van der Waals surface area contributed by atoms with Gasteiger partial charge < -0.3 is 9.29 Å². The van der Waals surface area contributed by atoms with Crippen LogP contribution in [0, 0.1) is 0 Å². The van der Waals surface area contributed by atoms with Crippen LogP contribution in [0.15, 0.2) is 53.4 Å². The van der Waals surface area contributed by atoms with Crippen molar-refractivity contribution in [3.63, 3.8) is 0 Å². The Balaban J connectivity index is 0.00000392. The second kappa shape index (κ2) is 13.9. The molecule has 0 radical (unpaired) electrons. The van der Waals surface area contributed by atoms with Crippen LogP contribution >= 0.6 is 0 Å². The van der Waals surface area contributed by atoms with E-state index in [1.165, 1.54) is 50.7 Å². The Bertz CT molecular complexity index is 791. The summed E-state index contributed by atoms with van der Waals surface area (Å²) in [5.74, 6) is 0.990. The molecule has 0 bridgehead atoms. The molecule has 0 unspecified atom stereocenters. The van der Waals surface area contributed by atoms with Gasteiger partial charge in [-0.2, -0.15) is 0 Å². The average Bonchev–Trinajstić information content (AvgIpc) is 2.64. The maximum atomic E-state index is 11.5. The van der Waals surface area contributed by atoms with Crippen LogP contribution in [0.5, 0.6) is 11.5 Å². The maximum Gasteiger partial charge on any atom is 1.00 e. The maximum absolute atomic E-state index is 11.5. The third kappa shape index (κ3) is 10.0. The number of aryl methyl sites for hydroxylation is 1. The summed E-state index contributed by atoms with van der Waals surface area (Å²) in [6, 6.07) is 13.7. The van der Waals surface area contributed by atoms with E-state index in [2.05, 4.69) is 6.92 Å². The van der Waals surface area contributed by atoms with Gasteiger partial charge in [-0.15, -0.1) is 0 Å². The van der Waals surface area contributed by atoms with E-state index in [0.717, 1.165) is 24.8 Å². The quantitative estimate of drug-likeness (QED) is 0.296. The van der Waals surface area contributed by atoms with E-state index >= 15 is 0 Å². The van der Waals surface area contributed by atoms with Crippen LogP contribution in [0.1, 0.15) is 63.9 Å². The van der Waals surface area contributed by atoms with Crippen LogP contribution in [0.3, 0.4) is 0 Å². The molecule has 2 rings (SSSR count). The summed E-state index contributed by atoms with van der Waals surface area (Å²) in [6.45, 7) is 2.21. The van der Waals surface area contributed by atoms with Crippen molar-refractivity contribution in [1.29, 1.82) is 0 Å². The standard InChI is InChI=1S/C22H30O4S.K/c1-2-3-4-5-6-7-8-10-13-19-16-21(18-22(17-19)27(23,24)25)26-20-14-11-9-12-15-20;/h9,11-12,14-18H,2-8,10,13H2,1H3,(H,23,24,25);/q;+1/p-1. The van der Waals surface area contributed by atoms with E-state index < -0.39 is 10.1 Å². The molecular formula is C22H29KO4S. The van der Waals surface area contributed by atoms with Crippen molar-refractivity contribution >= 4 is 10.1 Å². The predicted molar refractivity (Wildman–Crippen MR) is 107 cm³/mol. The van der Waals surface area contributed by atoms with E-state index in [0.29, 0.717) is 11.5 Å². The van der Waals surface area contributed by atoms with Crippen molar-refractivity contribution < 1.29 is 69.1 Å². The van der Waals surface area contributed by atoms with Gasteiger partial charge in [-0.25, -0.2) is 8.42 Å². The van der Waals surface area contributed by atoms with Crippen LogP contribution in [0.25, 0.3) is 0 Å². The molecule has 0 heterocycles. The SMILES string of the molecule is CCCCCCCCCCc1cc(Oc2ccccc2)cc(S(=O)(=O)[O-])c1.[K+]. The minimum atomic E-state index is -4.52. The zero-order valence-electron chi connectivity index (χ0n) is 17.0. The largest absolute Gasteiger partial charge is 1.00 e. The summed E-state index contributed by atoms with van der Waals surface area (Å²) < 4.78 is 40.2. The third-order valence-electron chi connectivity index (χ3n) is 4.53. The van der Waals surface area contributed by atoms with Gasteiger partial charge in [0.15, 0.2) is 0 Å². The molecule has 0 amide bonds. The predicted octanol–water partition coefficient (Wildman–Crippen LogP) is 3.07. The molecule has 4 nitrogen and oxygen atoms in total. The first-order valence-electron chi connectivity index (χ1n) is 9.82. The fourth-order valence-corrected chi connectivity index (χ4v) is 3.62. The van der Waals surface area contributed by atoms with Crippen molar-refractivity contribution in [3.8, 4) is 11.5 Å². The Morgan fingerprint density at radius 2 is 1.43 bits per heavy atom. The van der Waals surface area contributed by atoms with Crippen LogP contribution in [0.2, 0.25) is 0 Å². The Morgan fingerprint density at radius 3 is 2.04 bits per heavy atom. The molecule has 0 aromatic heterocycles. The van der Waals surface area contributed by atoms with Crippen LogP contribution < -0.4 is 56.1 Å². The molecular weight excluding hydrogens is 399 g/mol. The number of benzene rings is 2. The molecule has 0 atom stereocenters. The fourth-order valence-electron chi connectivity index (χ4n) is 3.07. The Kier molecular flexibility index (Phi) is 12.8. The number of rotatable bonds is 12. The van der Waals surface area contributed by atoms with Gasteiger partial charge in [-0.05, 0) is 48.7 Å². The average molecular weight is 429 g/mol. The van der Waals surface area contributed by atoms with Crippen molar-refractivity contribution in [2.45, 2.75) is 69.6 Å². The molecule has 0 saturated carbocycles. The van der Waals surface area contributed by atoms with Crippen LogP contribution in [-0.2, 0) is 16.5 Å². The van der Waals surface area contributed by atoms with Gasteiger partial charge in [0.2, 0.25) is 0 Å². The molecule has 2 aromatic carbocycles. The van der Waals surface area contributed by atoms with Gasteiger partial charge in [0.05, 0.1) is 4.90 Å². The van der Waals surface area contributed by atoms with Crippen LogP contribution in [-0.4, -0.2) is 13.0 Å². The normalized spacial score (nSPS) is 11.1. The summed E-state index contributed by atoms with van der Waals surface area (Å²) >= 11 is 0. The minimum Gasteiger partial charge on any atom is -0.744 e. The van der Waals surface area contributed by atoms with Gasteiger partial charge in [0.1, 0.15) is 21.6 Å². The number of unbranched alkanes of at least 4 members (excludes halogenated alkanes) is 7. The van der Waals surface area contributed by atoms with Gasteiger partial charge in [-0.3, -0.25) is 0 Å². The van der Waals surface area contributed by atoms with Gasteiger partial charge in [0, 0.05) is 0 Å². The summed E-state index contributed by atoms with van der Waals surface area (Å²) in [4.78, 5) is -0.231. The molecule has 2 aromatic rings. The van der Waals surface area contributed by atoms with E-state index in [9.17, 15) is 13.0 Å². The van der Waals surface area contributed by atoms with Crippen LogP contribution in [0.4, 0.5) is 0 Å². The number of hydrogen-bond donors (Lipinski definition) is 0. The van der Waals surface area contributed by atoms with Crippen molar-refractivity contribution in [2.75, 3.05) is 0 Å². The summed E-state index contributed by atoms with van der Waals surface area (Å²) in [5, 5.41) is 0. The third-order valence-corrected chi connectivity index (χ3v) is 5.34. The smallest absolute Gasteiger partial charge is 0.744 e. The van der Waals surface area contributed by atoms with Gasteiger partial charge >= 0.3 is 51.4 Å². The Morgan fingerprint density at radius 1 is 0.821 bits per heavy atom. The van der Waals surface area contributed by atoms with Gasteiger partial charge in [-0.1, -0.05) is 70.1 Å². The molecule has 0 aliphatic carbocycles. The molecule has 0 spiro atoms. The molecule has 0 aliphatic heterocycles. The zero-order valence-corrected chi connectivity index (χ0v) is 21.0. The first-order valence-corrected chi connectivity index (χ1v) is 11.2. The number of para-hydroxylation sites is 1. The second-order valence-corrected chi connectivity index (χ2v) is 8.29. The monoisotopic (exact) mass is 428 g/mol. The number of hydrogen-bond acceptors (Lipinski definition) is 4. The Hall–Kier alpha value is -0.214. The molecule has 6 heteroatoms. The van der Waals surface area contributed by atoms with Crippen molar-refractivity contribution in [1.82, 2.24) is 0 Å². The summed E-state index contributed by atoms with van der Waals surface area (Å²) in [6.07, 6.45) is 10.4. The van der Waals surface area contributed by atoms with E-state index in [-0.39, 0.29) is 56.3 Å². The molecule has 0 N–H and O–H groups in total. The molecule has 0 saturated heterocycles. The first-order chi connectivity index (χ1) is 13.0. The van der Waals surface area contributed by atoms with Gasteiger partial charge in [0.25, 0.3) is 0 Å². The van der Waals surface area contributed by atoms with E-state index in [1.807, 2.05) is 24.3 Å². The van der Waals surface area contributed by atoms with Crippen molar-refractivity contribution in [3.05, 3.63) is 54.1 Å². The minimum absolute atomic E-state index is 0. The second-order valence-electron chi connectivity index (χ2n) is 6.91. The summed E-state index contributed by atoms with van der Waals surface area (Å²) in [5.41, 5.74) is 0.823. The molecule has 0 aliphatic rings. The zero-order chi connectivity index (χ0) is 19.5. The van der Waals surface area contributed by atoms with Crippen molar-refractivity contribution in [2.24, 2.45) is 0 Å². The fraction of sp³-hybridized carbons (Fsp3) is 0.455. The number of ether oxygens (including phenoxy) is 1. The topological polar surface area (TPSA) is 66.4 Å². The first kappa shape index (κ1) is 25.8.